The fourth-order valence-electron chi connectivity index (χ4n) is 2.90. The lowest BCUT2D eigenvalue weighted by molar-refractivity contribution is -0.126. The molecule has 0 bridgehead atoms. The van der Waals surface area contributed by atoms with Crippen LogP contribution in [0.15, 0.2) is 48.5 Å². The van der Waals surface area contributed by atoms with Gasteiger partial charge in [0.1, 0.15) is 11.3 Å². The SMILES string of the molecule is CC(OC(=O)c1ccccc1O)C(=O)N1CCCc2ccccc21. The molecular formula is C19H19NO4. The Labute approximate surface area is 140 Å². The van der Waals surface area contributed by atoms with Crippen LogP contribution in [-0.2, 0) is 16.0 Å². The van der Waals surface area contributed by atoms with E-state index >= 15 is 0 Å². The summed E-state index contributed by atoms with van der Waals surface area (Å²) in [5.74, 6) is -1.13. The van der Waals surface area contributed by atoms with Gasteiger partial charge in [-0.05, 0) is 43.5 Å². The second kappa shape index (κ2) is 6.74. The van der Waals surface area contributed by atoms with Crippen LogP contribution < -0.4 is 4.90 Å². The summed E-state index contributed by atoms with van der Waals surface area (Å²) < 4.78 is 5.26. The molecule has 24 heavy (non-hydrogen) atoms. The van der Waals surface area contributed by atoms with Crippen molar-refractivity contribution in [3.05, 3.63) is 59.7 Å². The second-order valence-corrected chi connectivity index (χ2v) is 5.79. The summed E-state index contributed by atoms with van der Waals surface area (Å²) in [7, 11) is 0. The number of carbonyl (C=O) groups is 2. The third kappa shape index (κ3) is 3.11. The number of fused-ring (bicyclic) bond motifs is 1. The number of esters is 1. The monoisotopic (exact) mass is 325 g/mol. The highest BCUT2D eigenvalue weighted by atomic mass is 16.5. The summed E-state index contributed by atoms with van der Waals surface area (Å²) in [5.41, 5.74) is 2.05. The van der Waals surface area contributed by atoms with Gasteiger partial charge in [-0.2, -0.15) is 0 Å². The minimum absolute atomic E-state index is 0.0520. The van der Waals surface area contributed by atoms with Crippen LogP contribution >= 0.6 is 0 Å². The first-order valence-corrected chi connectivity index (χ1v) is 7.96. The third-order valence-corrected chi connectivity index (χ3v) is 4.13. The summed E-state index contributed by atoms with van der Waals surface area (Å²) in [6.45, 7) is 2.16. The summed E-state index contributed by atoms with van der Waals surface area (Å²) in [6, 6.07) is 13.9. The molecule has 0 aliphatic carbocycles. The molecule has 5 nitrogen and oxygen atoms in total. The predicted molar refractivity (Wildman–Crippen MR) is 90.1 cm³/mol. The summed E-state index contributed by atoms with van der Waals surface area (Å²) in [6.07, 6.45) is 0.887. The Morgan fingerprint density at radius 2 is 1.83 bits per heavy atom. The van der Waals surface area contributed by atoms with Crippen molar-refractivity contribution in [3.8, 4) is 5.75 Å². The Balaban J connectivity index is 1.74. The molecule has 0 fully saturated rings. The van der Waals surface area contributed by atoms with E-state index in [0.29, 0.717) is 6.54 Å². The Morgan fingerprint density at radius 1 is 1.12 bits per heavy atom. The molecule has 0 radical (unpaired) electrons. The first kappa shape index (κ1) is 16.1. The Bertz CT molecular complexity index is 771. The number of ether oxygens (including phenoxy) is 1. The van der Waals surface area contributed by atoms with Gasteiger partial charge in [0.2, 0.25) is 0 Å². The highest BCUT2D eigenvalue weighted by Crippen LogP contribution is 2.27. The number of carbonyl (C=O) groups excluding carboxylic acids is 2. The van der Waals surface area contributed by atoms with E-state index in [1.807, 2.05) is 24.3 Å². The lowest BCUT2D eigenvalue weighted by Crippen LogP contribution is -2.42. The summed E-state index contributed by atoms with van der Waals surface area (Å²) in [5, 5.41) is 9.72. The van der Waals surface area contributed by atoms with Crippen molar-refractivity contribution in [1.82, 2.24) is 0 Å². The number of amides is 1. The van der Waals surface area contributed by atoms with Gasteiger partial charge in [0.05, 0.1) is 0 Å². The number of para-hydroxylation sites is 2. The molecule has 1 unspecified atom stereocenters. The number of aromatic hydroxyl groups is 1. The number of phenols is 1. The van der Waals surface area contributed by atoms with Gasteiger partial charge in [0.25, 0.3) is 5.91 Å². The third-order valence-electron chi connectivity index (χ3n) is 4.13. The van der Waals surface area contributed by atoms with Crippen molar-refractivity contribution in [3.63, 3.8) is 0 Å². The van der Waals surface area contributed by atoms with Gasteiger partial charge < -0.3 is 14.7 Å². The van der Waals surface area contributed by atoms with E-state index in [1.54, 1.807) is 24.0 Å². The maximum atomic E-state index is 12.7. The first-order valence-electron chi connectivity index (χ1n) is 7.96. The van der Waals surface area contributed by atoms with E-state index in [2.05, 4.69) is 0 Å². The maximum absolute atomic E-state index is 12.7. The molecule has 1 atom stereocenters. The number of hydrogen-bond donors (Lipinski definition) is 1. The fourth-order valence-corrected chi connectivity index (χ4v) is 2.90. The average molecular weight is 325 g/mol. The zero-order valence-electron chi connectivity index (χ0n) is 13.4. The second-order valence-electron chi connectivity index (χ2n) is 5.79. The Kier molecular flexibility index (Phi) is 4.51. The van der Waals surface area contributed by atoms with Crippen LogP contribution in [0.25, 0.3) is 0 Å². The lowest BCUT2D eigenvalue weighted by Gasteiger charge is -2.31. The topological polar surface area (TPSA) is 66.8 Å². The molecular weight excluding hydrogens is 306 g/mol. The van der Waals surface area contributed by atoms with Gasteiger partial charge in [0, 0.05) is 12.2 Å². The molecule has 2 aromatic carbocycles. The van der Waals surface area contributed by atoms with E-state index in [4.69, 9.17) is 4.74 Å². The molecule has 2 aromatic rings. The Morgan fingerprint density at radius 3 is 2.62 bits per heavy atom. The highest BCUT2D eigenvalue weighted by molar-refractivity contribution is 6.00. The van der Waals surface area contributed by atoms with Crippen LogP contribution in [0.3, 0.4) is 0 Å². The van der Waals surface area contributed by atoms with E-state index in [1.165, 1.54) is 12.1 Å². The van der Waals surface area contributed by atoms with E-state index in [9.17, 15) is 14.7 Å². The van der Waals surface area contributed by atoms with Crippen LogP contribution in [0.2, 0.25) is 0 Å². The van der Waals surface area contributed by atoms with Crippen LogP contribution in [-0.4, -0.2) is 29.6 Å². The van der Waals surface area contributed by atoms with Crippen molar-refractivity contribution in [2.75, 3.05) is 11.4 Å². The smallest absolute Gasteiger partial charge is 0.342 e. The minimum Gasteiger partial charge on any atom is -0.507 e. The highest BCUT2D eigenvalue weighted by Gasteiger charge is 2.29. The standard InChI is InChI=1S/C19H19NO4/c1-13(24-19(23)15-9-3-5-11-17(15)21)18(22)20-12-6-8-14-7-2-4-10-16(14)20/h2-5,7,9-11,13,21H,6,8,12H2,1H3. The van der Waals surface area contributed by atoms with Gasteiger partial charge in [-0.3, -0.25) is 4.79 Å². The Hall–Kier alpha value is -2.82. The number of nitrogens with zero attached hydrogens (tertiary/aromatic N) is 1. The molecule has 124 valence electrons. The molecule has 1 aliphatic heterocycles. The number of hydrogen-bond acceptors (Lipinski definition) is 4. The molecule has 3 rings (SSSR count). The molecule has 1 amide bonds. The van der Waals surface area contributed by atoms with Crippen LogP contribution in [0.1, 0.15) is 29.3 Å². The van der Waals surface area contributed by atoms with Gasteiger partial charge in [0.15, 0.2) is 6.10 Å². The van der Waals surface area contributed by atoms with Gasteiger partial charge >= 0.3 is 5.97 Å². The van der Waals surface area contributed by atoms with Gasteiger partial charge in [-0.1, -0.05) is 30.3 Å². The van der Waals surface area contributed by atoms with Crippen molar-refractivity contribution >= 4 is 17.6 Å². The van der Waals surface area contributed by atoms with Crippen LogP contribution in [0, 0.1) is 0 Å². The zero-order chi connectivity index (χ0) is 17.1. The van der Waals surface area contributed by atoms with E-state index in [-0.39, 0.29) is 17.2 Å². The lowest BCUT2D eigenvalue weighted by atomic mass is 10.0. The quantitative estimate of drug-likeness (QED) is 0.881. The van der Waals surface area contributed by atoms with Crippen LogP contribution in [0.4, 0.5) is 5.69 Å². The molecule has 0 saturated carbocycles. The molecule has 0 aromatic heterocycles. The zero-order valence-corrected chi connectivity index (χ0v) is 13.4. The summed E-state index contributed by atoms with van der Waals surface area (Å²) >= 11 is 0. The van der Waals surface area contributed by atoms with Crippen molar-refractivity contribution in [2.24, 2.45) is 0 Å². The van der Waals surface area contributed by atoms with Crippen molar-refractivity contribution in [1.29, 1.82) is 0 Å². The predicted octanol–water partition coefficient (Wildman–Crippen LogP) is 2.92. The minimum atomic E-state index is -0.928. The van der Waals surface area contributed by atoms with Gasteiger partial charge in [-0.25, -0.2) is 4.79 Å². The van der Waals surface area contributed by atoms with E-state index < -0.39 is 12.1 Å². The normalized spacial score (nSPS) is 14.6. The summed E-state index contributed by atoms with van der Waals surface area (Å²) in [4.78, 5) is 26.5. The number of phenolic OH excluding ortho intramolecular Hbond substituents is 1. The number of benzene rings is 2. The largest absolute Gasteiger partial charge is 0.507 e. The average Bonchev–Trinajstić information content (AvgIpc) is 2.60. The number of rotatable bonds is 3. The number of anilines is 1. The van der Waals surface area contributed by atoms with E-state index in [0.717, 1.165) is 24.1 Å². The van der Waals surface area contributed by atoms with Gasteiger partial charge in [-0.15, -0.1) is 0 Å². The first-order chi connectivity index (χ1) is 11.6. The van der Waals surface area contributed by atoms with Crippen LogP contribution in [0.5, 0.6) is 5.75 Å². The molecule has 0 saturated heterocycles. The van der Waals surface area contributed by atoms with Crippen molar-refractivity contribution in [2.45, 2.75) is 25.9 Å². The number of aryl methyl sites for hydroxylation is 1. The maximum Gasteiger partial charge on any atom is 0.342 e. The molecule has 0 spiro atoms. The van der Waals surface area contributed by atoms with Crippen molar-refractivity contribution < 1.29 is 19.4 Å². The molecule has 1 aliphatic rings. The molecule has 1 heterocycles. The fraction of sp³-hybridized carbons (Fsp3) is 0.263. The molecule has 1 N–H and O–H groups in total. The molecule has 5 heteroatoms.